The molecule has 5 fully saturated rings. The molecule has 7 nitrogen and oxygen atoms in total. The maximum Gasteiger partial charge on any atom is 0.327 e. The molecule has 0 N–H and O–H groups in total. The van der Waals surface area contributed by atoms with Crippen molar-refractivity contribution in [3.63, 3.8) is 0 Å². The number of hydrogen-bond donors (Lipinski definition) is 0. The molecule has 6 rings (SSSR count). The van der Waals surface area contributed by atoms with Gasteiger partial charge >= 0.3 is 6.03 Å². The lowest BCUT2D eigenvalue weighted by molar-refractivity contribution is -0.138. The van der Waals surface area contributed by atoms with Crippen molar-refractivity contribution in [2.45, 2.75) is 102 Å². The van der Waals surface area contributed by atoms with Crippen LogP contribution < -0.4 is 0 Å². The normalized spacial score (nSPS) is 34.1. The number of rotatable bonds is 6. The number of piperidine rings is 1. The molecule has 1 spiro atoms. The second-order valence-corrected chi connectivity index (χ2v) is 12.8. The molecule has 1 aliphatic carbocycles. The van der Waals surface area contributed by atoms with Crippen molar-refractivity contribution in [3.05, 3.63) is 35.9 Å². The molecule has 4 atom stereocenters. The topological polar surface area (TPSA) is 64.2 Å². The lowest BCUT2D eigenvalue weighted by Gasteiger charge is -2.48. The Hall–Kier alpha value is -2.41. The first-order valence-electron chi connectivity index (χ1n) is 15.1. The second-order valence-electron chi connectivity index (χ2n) is 12.8. The monoisotopic (exact) mass is 520 g/mol. The van der Waals surface area contributed by atoms with Gasteiger partial charge in [-0.05, 0) is 70.8 Å². The van der Waals surface area contributed by atoms with Crippen LogP contribution in [0, 0.1) is 11.8 Å². The molecule has 1 aromatic rings. The van der Waals surface area contributed by atoms with Gasteiger partial charge in [0.25, 0.3) is 5.91 Å². The van der Waals surface area contributed by atoms with E-state index in [2.05, 4.69) is 40.1 Å². The smallest absolute Gasteiger partial charge is 0.327 e. The number of carbonyl (C=O) groups excluding carboxylic acids is 3. The summed E-state index contributed by atoms with van der Waals surface area (Å²) in [4.78, 5) is 48.6. The number of amides is 4. The number of imide groups is 1. The summed E-state index contributed by atoms with van der Waals surface area (Å²) in [7, 11) is 0. The van der Waals surface area contributed by atoms with Gasteiger partial charge in [-0.15, -0.1) is 0 Å². The van der Waals surface area contributed by atoms with Crippen LogP contribution in [0.15, 0.2) is 30.3 Å². The van der Waals surface area contributed by atoms with Gasteiger partial charge in [0.2, 0.25) is 5.91 Å². The van der Waals surface area contributed by atoms with E-state index in [0.29, 0.717) is 36.4 Å². The van der Waals surface area contributed by atoms with Crippen LogP contribution in [0.2, 0.25) is 0 Å². The van der Waals surface area contributed by atoms with Crippen molar-refractivity contribution in [3.8, 4) is 0 Å². The van der Waals surface area contributed by atoms with Crippen molar-refractivity contribution in [1.29, 1.82) is 0 Å². The van der Waals surface area contributed by atoms with Crippen LogP contribution in [0.3, 0.4) is 0 Å². The molecule has 1 saturated carbocycles. The average Bonchev–Trinajstić information content (AvgIpc) is 3.67. The van der Waals surface area contributed by atoms with Gasteiger partial charge < -0.3 is 9.80 Å². The quantitative estimate of drug-likeness (QED) is 0.519. The Morgan fingerprint density at radius 1 is 0.974 bits per heavy atom. The third-order valence-electron chi connectivity index (χ3n) is 10.4. The first kappa shape index (κ1) is 25.8. The Kier molecular flexibility index (Phi) is 6.78. The highest BCUT2D eigenvalue weighted by atomic mass is 16.2. The first-order chi connectivity index (χ1) is 18.3. The third kappa shape index (κ3) is 4.07. The lowest BCUT2D eigenvalue weighted by Crippen LogP contribution is -2.62. The molecule has 2 bridgehead atoms. The zero-order valence-corrected chi connectivity index (χ0v) is 23.3. The number of nitrogens with zero attached hydrogens (tertiary/aromatic N) is 4. The highest BCUT2D eigenvalue weighted by Crippen LogP contribution is 2.49. The summed E-state index contributed by atoms with van der Waals surface area (Å²) in [6, 6.07) is 11.3. The minimum absolute atomic E-state index is 0.00130. The summed E-state index contributed by atoms with van der Waals surface area (Å²) in [6.45, 7) is 9.03. The van der Waals surface area contributed by atoms with E-state index in [4.69, 9.17) is 0 Å². The van der Waals surface area contributed by atoms with Gasteiger partial charge in [0.1, 0.15) is 5.54 Å². The van der Waals surface area contributed by atoms with Crippen molar-refractivity contribution in [2.24, 2.45) is 11.8 Å². The molecule has 206 valence electrons. The predicted octanol–water partition coefficient (Wildman–Crippen LogP) is 4.48. The number of hydrogen-bond acceptors (Lipinski definition) is 4. The summed E-state index contributed by atoms with van der Waals surface area (Å²) in [6.07, 6.45) is 8.08. The number of likely N-dealkylation sites (N-methyl/N-ethyl adjacent to an activating group) is 1. The molecule has 4 heterocycles. The number of urea groups is 1. The largest absolute Gasteiger partial charge is 0.341 e. The van der Waals surface area contributed by atoms with Crippen LogP contribution in [0.1, 0.15) is 83.6 Å². The summed E-state index contributed by atoms with van der Waals surface area (Å²) >= 11 is 0. The molecule has 2 unspecified atom stereocenters. The molecule has 7 heteroatoms. The van der Waals surface area contributed by atoms with Gasteiger partial charge in [0.15, 0.2) is 0 Å². The van der Waals surface area contributed by atoms with Crippen molar-refractivity contribution in [1.82, 2.24) is 19.6 Å². The van der Waals surface area contributed by atoms with E-state index in [1.807, 2.05) is 25.7 Å². The Morgan fingerprint density at radius 2 is 1.63 bits per heavy atom. The Balaban J connectivity index is 1.23. The average molecular weight is 521 g/mol. The molecular formula is C31H44N4O3. The van der Waals surface area contributed by atoms with Crippen LogP contribution >= 0.6 is 0 Å². The minimum Gasteiger partial charge on any atom is -0.341 e. The fourth-order valence-electron chi connectivity index (χ4n) is 8.75. The van der Waals surface area contributed by atoms with E-state index in [0.717, 1.165) is 58.2 Å². The molecule has 4 saturated heterocycles. The van der Waals surface area contributed by atoms with Gasteiger partial charge in [0.05, 0.1) is 0 Å². The summed E-state index contributed by atoms with van der Waals surface area (Å²) < 4.78 is 0. The Bertz CT molecular complexity index is 1050. The van der Waals surface area contributed by atoms with Gasteiger partial charge in [0, 0.05) is 56.1 Å². The molecule has 0 aromatic heterocycles. The van der Waals surface area contributed by atoms with Crippen LogP contribution in [0.4, 0.5) is 4.79 Å². The van der Waals surface area contributed by atoms with Crippen LogP contribution in [-0.2, 0) is 9.59 Å². The fraction of sp³-hybridized carbons (Fsp3) is 0.710. The first-order valence-corrected chi connectivity index (χ1v) is 15.1. The highest BCUT2D eigenvalue weighted by Gasteiger charge is 2.63. The molecular weight excluding hydrogens is 476 g/mol. The Morgan fingerprint density at radius 3 is 2.24 bits per heavy atom. The number of likely N-dealkylation sites (tertiary alicyclic amines) is 1. The van der Waals surface area contributed by atoms with Crippen molar-refractivity contribution < 1.29 is 14.4 Å². The van der Waals surface area contributed by atoms with E-state index in [1.54, 1.807) is 0 Å². The van der Waals surface area contributed by atoms with Crippen LogP contribution in [-0.4, -0.2) is 87.3 Å². The van der Waals surface area contributed by atoms with Gasteiger partial charge in [-0.2, -0.15) is 0 Å². The van der Waals surface area contributed by atoms with E-state index in [-0.39, 0.29) is 23.9 Å². The SMILES string of the molecule is CCN1C(=O)N(C(C)C)C2(CC3CCC(C2)N3C[C@H]2CN(C(=O)C3CCCC3)C[C@@H]2c2ccccc2)C1=O. The lowest BCUT2D eigenvalue weighted by atomic mass is 9.79. The maximum atomic E-state index is 13.7. The fourth-order valence-corrected chi connectivity index (χ4v) is 8.75. The van der Waals surface area contributed by atoms with Crippen molar-refractivity contribution in [2.75, 3.05) is 26.2 Å². The molecule has 38 heavy (non-hydrogen) atoms. The summed E-state index contributed by atoms with van der Waals surface area (Å²) in [5.74, 6) is 1.33. The maximum absolute atomic E-state index is 13.7. The number of carbonyl (C=O) groups is 3. The van der Waals surface area contributed by atoms with Crippen LogP contribution in [0.5, 0.6) is 0 Å². The van der Waals surface area contributed by atoms with Gasteiger partial charge in [-0.1, -0.05) is 43.2 Å². The summed E-state index contributed by atoms with van der Waals surface area (Å²) in [5.41, 5.74) is 0.643. The zero-order chi connectivity index (χ0) is 26.6. The van der Waals surface area contributed by atoms with E-state index >= 15 is 0 Å². The molecule has 4 aliphatic heterocycles. The number of fused-ring (bicyclic) bond motifs is 2. The van der Waals surface area contributed by atoms with Crippen LogP contribution in [0.25, 0.3) is 0 Å². The second kappa shape index (κ2) is 9.96. The Labute approximate surface area is 227 Å². The highest BCUT2D eigenvalue weighted by molar-refractivity contribution is 6.07. The standard InChI is InChI=1S/C31H44N4O3/c1-4-33-29(37)31(35(21(2)3)30(33)38)16-25-14-15-26(17-31)34(25)19-24-18-32(28(36)23-12-8-9-13-23)20-27(24)22-10-6-5-7-11-22/h5-7,10-11,21,23-27H,4,8-9,12-20H2,1-3H3/t24-,25?,26?,27-,31?/m1/s1. The molecule has 4 amide bonds. The molecule has 1 aromatic carbocycles. The molecule has 5 aliphatic rings. The van der Waals surface area contributed by atoms with Crippen molar-refractivity contribution >= 4 is 17.8 Å². The van der Waals surface area contributed by atoms with E-state index < -0.39 is 5.54 Å². The molecule has 0 radical (unpaired) electrons. The van der Waals surface area contributed by atoms with E-state index in [9.17, 15) is 14.4 Å². The van der Waals surface area contributed by atoms with E-state index in [1.165, 1.54) is 23.3 Å². The predicted molar refractivity (Wildman–Crippen MR) is 146 cm³/mol. The minimum atomic E-state index is -0.692. The zero-order valence-electron chi connectivity index (χ0n) is 23.3. The van der Waals surface area contributed by atoms with Gasteiger partial charge in [-0.3, -0.25) is 19.4 Å². The van der Waals surface area contributed by atoms with Gasteiger partial charge in [-0.25, -0.2) is 4.79 Å². The summed E-state index contributed by atoms with van der Waals surface area (Å²) in [5, 5.41) is 0. The number of benzene rings is 1. The third-order valence-corrected chi connectivity index (χ3v) is 10.4.